The van der Waals surface area contributed by atoms with Crippen molar-refractivity contribution in [1.29, 1.82) is 0 Å². The van der Waals surface area contributed by atoms with E-state index in [1.54, 1.807) is 0 Å². The van der Waals surface area contributed by atoms with Crippen LogP contribution in [0.3, 0.4) is 0 Å². The van der Waals surface area contributed by atoms with Gasteiger partial charge in [-0.3, -0.25) is 0 Å². The van der Waals surface area contributed by atoms with Crippen molar-refractivity contribution in [2.75, 3.05) is 5.73 Å². The first-order chi connectivity index (χ1) is 19.8. The first-order valence-electron chi connectivity index (χ1n) is 14.2. The second kappa shape index (κ2) is 11.1. The molecule has 1 aromatic heterocycles. The maximum atomic E-state index is 6.42. The molecule has 1 heterocycles. The summed E-state index contributed by atoms with van der Waals surface area (Å²) >= 11 is 0. The summed E-state index contributed by atoms with van der Waals surface area (Å²) in [7, 11) is 0. The van der Waals surface area contributed by atoms with Gasteiger partial charge < -0.3 is 10.3 Å². The first-order valence-corrected chi connectivity index (χ1v) is 14.2. The third-order valence-electron chi connectivity index (χ3n) is 7.64. The zero-order chi connectivity index (χ0) is 27.5. The lowest BCUT2D eigenvalue weighted by Crippen LogP contribution is -1.98. The Morgan fingerprint density at radius 2 is 1.20 bits per heavy atom. The lowest BCUT2D eigenvalue weighted by Gasteiger charge is -2.14. The van der Waals surface area contributed by atoms with Gasteiger partial charge in [0, 0.05) is 27.7 Å². The van der Waals surface area contributed by atoms with Gasteiger partial charge in [0.25, 0.3) is 0 Å². The standard InChI is InChI=1S/C36H28N2.C2H6/c37-34-22-20-28(25-9-3-1-4-10-25)23-33(34)27-17-15-26(16-18-27)29-19-21-32-31-13-7-8-14-35(31)38(36(32)24-29)30-11-5-2-6-12-30;1-2/h1-5,7-11,13-24H,6,12,37H2;1-2H3. The van der Waals surface area contributed by atoms with Crippen LogP contribution in [-0.2, 0) is 0 Å². The van der Waals surface area contributed by atoms with Gasteiger partial charge in [0.2, 0.25) is 0 Å². The summed E-state index contributed by atoms with van der Waals surface area (Å²) in [5, 5.41) is 2.59. The molecule has 1 aliphatic rings. The molecule has 0 aliphatic heterocycles. The van der Waals surface area contributed by atoms with Gasteiger partial charge in [0.05, 0.1) is 11.0 Å². The molecular formula is C38H34N2. The van der Waals surface area contributed by atoms with E-state index in [2.05, 4.69) is 126 Å². The third-order valence-corrected chi connectivity index (χ3v) is 7.64. The zero-order valence-electron chi connectivity index (χ0n) is 23.1. The topological polar surface area (TPSA) is 30.9 Å². The molecule has 0 unspecified atom stereocenters. The van der Waals surface area contributed by atoms with E-state index >= 15 is 0 Å². The van der Waals surface area contributed by atoms with Crippen LogP contribution in [0.15, 0.2) is 133 Å². The second-order valence-corrected chi connectivity index (χ2v) is 9.95. The SMILES string of the molecule is CC.Nc1ccc(-c2ccccc2)cc1-c1ccc(-c2ccc3c4ccccc4n(C4=CC=CCC4)c3c2)cc1. The van der Waals surface area contributed by atoms with Gasteiger partial charge >= 0.3 is 0 Å². The van der Waals surface area contributed by atoms with Gasteiger partial charge in [-0.05, 0) is 71.0 Å². The van der Waals surface area contributed by atoms with Crippen LogP contribution < -0.4 is 5.73 Å². The van der Waals surface area contributed by atoms with Gasteiger partial charge in [-0.25, -0.2) is 0 Å². The Morgan fingerprint density at radius 1 is 0.575 bits per heavy atom. The Kier molecular flexibility index (Phi) is 7.08. The number of nitrogens with two attached hydrogens (primary N) is 1. The Morgan fingerprint density at radius 3 is 1.98 bits per heavy atom. The van der Waals surface area contributed by atoms with E-state index in [1.807, 2.05) is 26.0 Å². The molecule has 5 aromatic carbocycles. The molecule has 2 heteroatoms. The van der Waals surface area contributed by atoms with Crippen LogP contribution in [0.4, 0.5) is 5.69 Å². The maximum Gasteiger partial charge on any atom is 0.0544 e. The number of allylic oxidation sites excluding steroid dienone is 4. The molecule has 0 atom stereocenters. The molecule has 0 saturated carbocycles. The molecule has 0 fully saturated rings. The number of aromatic nitrogens is 1. The number of hydrogen-bond donors (Lipinski definition) is 1. The smallest absolute Gasteiger partial charge is 0.0544 e. The minimum atomic E-state index is 0.790. The van der Waals surface area contributed by atoms with Crippen LogP contribution in [0.25, 0.3) is 60.9 Å². The van der Waals surface area contributed by atoms with Crippen LogP contribution in [0.1, 0.15) is 26.7 Å². The highest BCUT2D eigenvalue weighted by molar-refractivity contribution is 6.11. The van der Waals surface area contributed by atoms with Crippen molar-refractivity contribution in [3.8, 4) is 33.4 Å². The second-order valence-electron chi connectivity index (χ2n) is 9.95. The van der Waals surface area contributed by atoms with Crippen molar-refractivity contribution in [2.24, 2.45) is 0 Å². The zero-order valence-corrected chi connectivity index (χ0v) is 23.1. The lowest BCUT2D eigenvalue weighted by molar-refractivity contribution is 0.979. The summed E-state index contributed by atoms with van der Waals surface area (Å²) < 4.78 is 2.45. The molecule has 7 rings (SSSR count). The highest BCUT2D eigenvalue weighted by Gasteiger charge is 2.15. The van der Waals surface area contributed by atoms with Crippen LogP contribution in [0, 0.1) is 0 Å². The van der Waals surface area contributed by atoms with Crippen molar-refractivity contribution < 1.29 is 0 Å². The van der Waals surface area contributed by atoms with Gasteiger partial charge in [0.15, 0.2) is 0 Å². The fourth-order valence-electron chi connectivity index (χ4n) is 5.69. The van der Waals surface area contributed by atoms with E-state index in [-0.39, 0.29) is 0 Å². The molecular weight excluding hydrogens is 484 g/mol. The summed E-state index contributed by atoms with van der Waals surface area (Å²) in [4.78, 5) is 0. The molecule has 0 radical (unpaired) electrons. The molecule has 0 bridgehead atoms. The number of anilines is 1. The van der Waals surface area contributed by atoms with Crippen molar-refractivity contribution in [2.45, 2.75) is 26.7 Å². The monoisotopic (exact) mass is 518 g/mol. The van der Waals surface area contributed by atoms with Gasteiger partial charge in [-0.2, -0.15) is 0 Å². The Balaban J connectivity index is 0.00000142. The fourth-order valence-corrected chi connectivity index (χ4v) is 5.69. The molecule has 6 aromatic rings. The average molecular weight is 519 g/mol. The number of hydrogen-bond acceptors (Lipinski definition) is 1. The average Bonchev–Trinajstić information content (AvgIpc) is 3.37. The van der Waals surface area contributed by atoms with Crippen LogP contribution in [0.2, 0.25) is 0 Å². The quantitative estimate of drug-likeness (QED) is 0.231. The number of nitrogens with zero attached hydrogens (tertiary/aromatic N) is 1. The Labute approximate surface area is 236 Å². The number of benzene rings is 5. The predicted octanol–water partition coefficient (Wildman–Crippen LogP) is 10.6. The number of fused-ring (bicyclic) bond motifs is 3. The van der Waals surface area contributed by atoms with Gasteiger partial charge in [0.1, 0.15) is 0 Å². The molecule has 0 spiro atoms. The van der Waals surface area contributed by atoms with E-state index in [0.717, 1.165) is 29.7 Å². The van der Waals surface area contributed by atoms with E-state index in [0.29, 0.717) is 0 Å². The van der Waals surface area contributed by atoms with Crippen molar-refractivity contribution in [3.05, 3.63) is 133 Å². The van der Waals surface area contributed by atoms with Crippen LogP contribution >= 0.6 is 0 Å². The summed E-state index contributed by atoms with van der Waals surface area (Å²) in [6, 6.07) is 41.1. The molecule has 2 nitrogen and oxygen atoms in total. The minimum Gasteiger partial charge on any atom is -0.398 e. The normalized spacial score (nSPS) is 12.7. The van der Waals surface area contributed by atoms with E-state index in [4.69, 9.17) is 5.73 Å². The maximum absolute atomic E-state index is 6.42. The van der Waals surface area contributed by atoms with Crippen molar-refractivity contribution >= 4 is 33.2 Å². The van der Waals surface area contributed by atoms with Crippen molar-refractivity contribution in [3.63, 3.8) is 0 Å². The Hall–Kier alpha value is -4.82. The molecule has 0 saturated heterocycles. The number of rotatable bonds is 4. The van der Waals surface area contributed by atoms with E-state index in [1.165, 1.54) is 49.8 Å². The summed E-state index contributed by atoms with van der Waals surface area (Å²) in [5.41, 5.74) is 18.0. The summed E-state index contributed by atoms with van der Waals surface area (Å²) in [6.45, 7) is 4.00. The summed E-state index contributed by atoms with van der Waals surface area (Å²) in [6.07, 6.45) is 8.81. The number of nitrogen functional groups attached to an aromatic ring is 1. The van der Waals surface area contributed by atoms with Crippen molar-refractivity contribution in [1.82, 2.24) is 4.57 Å². The van der Waals surface area contributed by atoms with Crippen LogP contribution in [0.5, 0.6) is 0 Å². The van der Waals surface area contributed by atoms with Gasteiger partial charge in [-0.15, -0.1) is 0 Å². The number of para-hydroxylation sites is 1. The third kappa shape index (κ3) is 4.63. The molecule has 2 N–H and O–H groups in total. The highest BCUT2D eigenvalue weighted by atomic mass is 15.0. The fraction of sp³-hybridized carbons (Fsp3) is 0.105. The summed E-state index contributed by atoms with van der Waals surface area (Å²) in [5.74, 6) is 0. The molecule has 0 amide bonds. The van der Waals surface area contributed by atoms with E-state index in [9.17, 15) is 0 Å². The molecule has 1 aliphatic carbocycles. The largest absolute Gasteiger partial charge is 0.398 e. The van der Waals surface area contributed by atoms with E-state index < -0.39 is 0 Å². The molecule has 196 valence electrons. The Bertz CT molecular complexity index is 1850. The minimum absolute atomic E-state index is 0.790. The molecule has 40 heavy (non-hydrogen) atoms. The first kappa shape index (κ1) is 25.5. The van der Waals surface area contributed by atoms with Gasteiger partial charge in [-0.1, -0.05) is 117 Å². The highest BCUT2D eigenvalue weighted by Crippen LogP contribution is 2.37. The predicted molar refractivity (Wildman–Crippen MR) is 174 cm³/mol. The lowest BCUT2D eigenvalue weighted by atomic mass is 9.95. The van der Waals surface area contributed by atoms with Crippen LogP contribution in [-0.4, -0.2) is 4.57 Å².